The molecule has 98 valence electrons. The standard InChI is InChI=1S/C16H22OS/c1-2-3-9-14-10-15(17)11-16(14)18-12-13-7-5-4-6-8-13/h4-8,14,16H,2-3,9-12H2,1H3/t14-,16-/m1/s1. The quantitative estimate of drug-likeness (QED) is 0.753. The second-order valence-corrected chi connectivity index (χ2v) is 6.41. The van der Waals surface area contributed by atoms with Gasteiger partial charge in [0.1, 0.15) is 5.78 Å². The molecular formula is C16H22OS. The molecule has 0 spiro atoms. The van der Waals surface area contributed by atoms with Crippen molar-refractivity contribution in [2.24, 2.45) is 5.92 Å². The molecule has 18 heavy (non-hydrogen) atoms. The Morgan fingerprint density at radius 3 is 2.72 bits per heavy atom. The number of rotatable bonds is 6. The number of ketones is 1. The maximum absolute atomic E-state index is 11.6. The van der Waals surface area contributed by atoms with Crippen LogP contribution in [0.25, 0.3) is 0 Å². The summed E-state index contributed by atoms with van der Waals surface area (Å²) in [6.07, 6.45) is 5.36. The van der Waals surface area contributed by atoms with Crippen LogP contribution in [0.3, 0.4) is 0 Å². The van der Waals surface area contributed by atoms with E-state index in [1.165, 1.54) is 24.8 Å². The minimum Gasteiger partial charge on any atom is -0.300 e. The van der Waals surface area contributed by atoms with Gasteiger partial charge in [0.25, 0.3) is 0 Å². The van der Waals surface area contributed by atoms with E-state index in [4.69, 9.17) is 0 Å². The fourth-order valence-electron chi connectivity index (χ4n) is 2.63. The lowest BCUT2D eigenvalue weighted by Gasteiger charge is -2.17. The summed E-state index contributed by atoms with van der Waals surface area (Å²) >= 11 is 1.98. The minimum absolute atomic E-state index is 0.474. The molecule has 2 atom stereocenters. The molecule has 1 aliphatic carbocycles. The first-order valence-corrected chi connectivity index (χ1v) is 8.01. The molecule has 1 nitrogen and oxygen atoms in total. The summed E-state index contributed by atoms with van der Waals surface area (Å²) < 4.78 is 0. The highest BCUT2D eigenvalue weighted by Crippen LogP contribution is 2.37. The summed E-state index contributed by atoms with van der Waals surface area (Å²) in [4.78, 5) is 11.6. The third-order valence-electron chi connectivity index (χ3n) is 3.68. The van der Waals surface area contributed by atoms with Crippen LogP contribution in [0.5, 0.6) is 0 Å². The molecule has 0 N–H and O–H groups in total. The van der Waals surface area contributed by atoms with E-state index >= 15 is 0 Å². The molecule has 0 heterocycles. The van der Waals surface area contributed by atoms with Gasteiger partial charge < -0.3 is 0 Å². The van der Waals surface area contributed by atoms with Crippen molar-refractivity contribution in [3.63, 3.8) is 0 Å². The number of carbonyl (C=O) groups excluding carboxylic acids is 1. The molecule has 0 aromatic heterocycles. The van der Waals surface area contributed by atoms with Crippen molar-refractivity contribution in [1.29, 1.82) is 0 Å². The molecule has 1 aliphatic rings. The number of benzene rings is 1. The van der Waals surface area contributed by atoms with Crippen LogP contribution in [0, 0.1) is 5.92 Å². The summed E-state index contributed by atoms with van der Waals surface area (Å²) in [5.74, 6) is 2.15. The fourth-order valence-corrected chi connectivity index (χ4v) is 4.03. The highest BCUT2D eigenvalue weighted by molar-refractivity contribution is 7.99. The maximum Gasteiger partial charge on any atom is 0.134 e. The number of carbonyl (C=O) groups is 1. The van der Waals surface area contributed by atoms with Gasteiger partial charge in [-0.15, -0.1) is 0 Å². The van der Waals surface area contributed by atoms with Crippen molar-refractivity contribution >= 4 is 17.5 Å². The van der Waals surface area contributed by atoms with Crippen molar-refractivity contribution in [2.45, 2.75) is 50.0 Å². The van der Waals surface area contributed by atoms with Crippen LogP contribution in [0.1, 0.15) is 44.6 Å². The zero-order valence-electron chi connectivity index (χ0n) is 11.1. The second kappa shape index (κ2) is 6.98. The maximum atomic E-state index is 11.6. The molecule has 2 heteroatoms. The van der Waals surface area contributed by atoms with Gasteiger partial charge in [-0.2, -0.15) is 11.8 Å². The Bertz CT molecular complexity index is 374. The summed E-state index contributed by atoms with van der Waals surface area (Å²) in [7, 11) is 0. The average molecular weight is 262 g/mol. The van der Waals surface area contributed by atoms with E-state index in [0.29, 0.717) is 17.0 Å². The van der Waals surface area contributed by atoms with E-state index in [2.05, 4.69) is 37.3 Å². The molecule has 0 unspecified atom stereocenters. The lowest BCUT2D eigenvalue weighted by Crippen LogP contribution is -2.10. The van der Waals surface area contributed by atoms with Crippen LogP contribution in [-0.4, -0.2) is 11.0 Å². The lowest BCUT2D eigenvalue weighted by molar-refractivity contribution is -0.117. The molecular weight excluding hydrogens is 240 g/mol. The summed E-state index contributed by atoms with van der Waals surface area (Å²) in [6.45, 7) is 2.23. The number of hydrogen-bond donors (Lipinski definition) is 0. The Morgan fingerprint density at radius 2 is 2.00 bits per heavy atom. The normalized spacial score (nSPS) is 23.5. The molecule has 0 amide bonds. The summed E-state index contributed by atoms with van der Waals surface area (Å²) in [5, 5.41) is 0.559. The van der Waals surface area contributed by atoms with Gasteiger partial charge in [0, 0.05) is 23.8 Å². The Labute approximate surface area is 114 Å². The van der Waals surface area contributed by atoms with E-state index in [1.54, 1.807) is 0 Å². The van der Waals surface area contributed by atoms with E-state index in [0.717, 1.165) is 18.6 Å². The van der Waals surface area contributed by atoms with E-state index in [1.807, 2.05) is 11.8 Å². The van der Waals surface area contributed by atoms with Crippen LogP contribution in [0.15, 0.2) is 30.3 Å². The van der Waals surface area contributed by atoms with Crippen molar-refractivity contribution in [3.8, 4) is 0 Å². The van der Waals surface area contributed by atoms with Gasteiger partial charge in [-0.25, -0.2) is 0 Å². The SMILES string of the molecule is CCCC[C@@H]1CC(=O)C[C@H]1SCc1ccccc1. The van der Waals surface area contributed by atoms with Gasteiger partial charge >= 0.3 is 0 Å². The van der Waals surface area contributed by atoms with Crippen LogP contribution >= 0.6 is 11.8 Å². The van der Waals surface area contributed by atoms with Crippen LogP contribution in [-0.2, 0) is 10.5 Å². The number of Topliss-reactive ketones (excluding diaryl/α,β-unsaturated/α-hetero) is 1. The third-order valence-corrected chi connectivity index (χ3v) is 5.16. The predicted octanol–water partition coefficient (Wildman–Crippen LogP) is 4.46. The van der Waals surface area contributed by atoms with Crippen molar-refractivity contribution in [3.05, 3.63) is 35.9 Å². The number of unbranched alkanes of at least 4 members (excludes halogenated alkanes) is 1. The van der Waals surface area contributed by atoms with E-state index in [9.17, 15) is 4.79 Å². The molecule has 0 radical (unpaired) electrons. The van der Waals surface area contributed by atoms with E-state index < -0.39 is 0 Å². The predicted molar refractivity (Wildman–Crippen MR) is 78.8 cm³/mol. The third kappa shape index (κ3) is 3.88. The molecule has 1 fully saturated rings. The smallest absolute Gasteiger partial charge is 0.134 e. The molecule has 0 bridgehead atoms. The van der Waals surface area contributed by atoms with Gasteiger partial charge in [0.15, 0.2) is 0 Å². The van der Waals surface area contributed by atoms with Crippen molar-refractivity contribution in [2.75, 3.05) is 0 Å². The number of hydrogen-bond acceptors (Lipinski definition) is 2. The van der Waals surface area contributed by atoms with Crippen LogP contribution < -0.4 is 0 Å². The monoisotopic (exact) mass is 262 g/mol. The lowest BCUT2D eigenvalue weighted by atomic mass is 10.0. The van der Waals surface area contributed by atoms with Crippen molar-refractivity contribution < 1.29 is 4.79 Å². The van der Waals surface area contributed by atoms with Gasteiger partial charge in [-0.1, -0.05) is 50.1 Å². The first kappa shape index (κ1) is 13.7. The highest BCUT2D eigenvalue weighted by atomic mass is 32.2. The first-order valence-electron chi connectivity index (χ1n) is 6.97. The summed E-state index contributed by atoms with van der Waals surface area (Å²) in [6, 6.07) is 10.6. The highest BCUT2D eigenvalue weighted by Gasteiger charge is 2.32. The Morgan fingerprint density at radius 1 is 1.22 bits per heavy atom. The largest absolute Gasteiger partial charge is 0.300 e. The zero-order valence-corrected chi connectivity index (χ0v) is 11.9. The molecule has 0 saturated heterocycles. The second-order valence-electron chi connectivity index (χ2n) is 5.18. The Balaban J connectivity index is 1.85. The van der Waals surface area contributed by atoms with Gasteiger partial charge in [-0.3, -0.25) is 4.79 Å². The van der Waals surface area contributed by atoms with Crippen molar-refractivity contribution in [1.82, 2.24) is 0 Å². The molecule has 2 rings (SSSR count). The minimum atomic E-state index is 0.474. The first-order chi connectivity index (χ1) is 8.79. The number of thioether (sulfide) groups is 1. The van der Waals surface area contributed by atoms with Gasteiger partial charge in [-0.05, 0) is 17.9 Å². The van der Waals surface area contributed by atoms with Crippen LogP contribution in [0.2, 0.25) is 0 Å². The van der Waals surface area contributed by atoms with E-state index in [-0.39, 0.29) is 0 Å². The average Bonchev–Trinajstić information content (AvgIpc) is 2.75. The van der Waals surface area contributed by atoms with Gasteiger partial charge in [0.05, 0.1) is 0 Å². The van der Waals surface area contributed by atoms with Crippen LogP contribution in [0.4, 0.5) is 0 Å². The Kier molecular flexibility index (Phi) is 5.30. The summed E-state index contributed by atoms with van der Waals surface area (Å²) in [5.41, 5.74) is 1.37. The molecule has 1 aromatic carbocycles. The topological polar surface area (TPSA) is 17.1 Å². The Hall–Kier alpha value is -0.760. The zero-order chi connectivity index (χ0) is 12.8. The fraction of sp³-hybridized carbons (Fsp3) is 0.562. The molecule has 1 saturated carbocycles. The molecule has 0 aliphatic heterocycles. The molecule has 1 aromatic rings. The van der Waals surface area contributed by atoms with Gasteiger partial charge in [0.2, 0.25) is 0 Å².